The summed E-state index contributed by atoms with van der Waals surface area (Å²) < 4.78 is 41.8. The van der Waals surface area contributed by atoms with Crippen LogP contribution in [-0.2, 0) is 7.05 Å². The zero-order valence-electron chi connectivity index (χ0n) is 25.6. The zero-order chi connectivity index (χ0) is 31.9. The van der Waals surface area contributed by atoms with Crippen molar-refractivity contribution in [3.63, 3.8) is 0 Å². The van der Waals surface area contributed by atoms with E-state index in [1.165, 1.54) is 59.4 Å². The number of nitrogens with one attached hydrogen (secondary N) is 1. The van der Waals surface area contributed by atoms with Crippen LogP contribution in [0.4, 0.5) is 19.0 Å². The number of unbranched alkanes of at least 4 members (excludes halogenated alkanes) is 1. The SMILES string of the molecule is C#CCC1CC1(C)CCCC.CC.CC.Cn1cc(C(=O)NCC#Cc2cc3c(N)nccn3c2[Se]C(F)(F)F)cn1. The third-order valence-corrected chi connectivity index (χ3v) is 8.19. The Hall–Kier alpha value is -3.40. The van der Waals surface area contributed by atoms with Gasteiger partial charge >= 0.3 is 157 Å². The summed E-state index contributed by atoms with van der Waals surface area (Å²) in [5, 5.41) is 2.11. The van der Waals surface area contributed by atoms with Crippen molar-refractivity contribution in [3.8, 4) is 24.2 Å². The predicted octanol–water partition coefficient (Wildman–Crippen LogP) is 5.56. The third kappa shape index (κ3) is 11.1. The summed E-state index contributed by atoms with van der Waals surface area (Å²) >= 11 is -1.81. The van der Waals surface area contributed by atoms with E-state index >= 15 is 0 Å². The Morgan fingerprint density at radius 2 is 2.00 bits per heavy atom. The molecular formula is C31H43F3N6OSe. The average Bonchev–Trinajstić information content (AvgIpc) is 3.24. The van der Waals surface area contributed by atoms with Crippen molar-refractivity contribution in [1.82, 2.24) is 24.5 Å². The van der Waals surface area contributed by atoms with Gasteiger partial charge in [-0.1, -0.05) is 54.4 Å². The maximum atomic E-state index is 13.0. The third-order valence-electron chi connectivity index (χ3n) is 6.43. The summed E-state index contributed by atoms with van der Waals surface area (Å²) in [5.74, 6) is 8.72. The van der Waals surface area contributed by atoms with Gasteiger partial charge < -0.3 is 0 Å². The number of carbonyl (C=O) groups excluding carboxylic acids is 1. The monoisotopic (exact) mass is 652 g/mol. The standard InChI is InChI=1S/C16H13F3N6OSe.C11H18.2C2H6/c1-24-9-11(8-23-24)14(26)22-4-2-3-10-7-12-13(20)21-5-6-25(12)15(10)27-16(17,18)19;1-4-6-8-11(3)9-10(11)7-5-2;2*1-2/h5-9H,4H2,1H3,(H2,20,21)(H,22,26);2,10H,4,6-9H2,1,3H3;2*1-2H3. The number of aromatic nitrogens is 4. The Labute approximate surface area is 254 Å². The van der Waals surface area contributed by atoms with Gasteiger partial charge in [0, 0.05) is 6.42 Å². The molecule has 42 heavy (non-hydrogen) atoms. The molecule has 4 rings (SSSR count). The van der Waals surface area contributed by atoms with Gasteiger partial charge in [0.1, 0.15) is 0 Å². The summed E-state index contributed by atoms with van der Waals surface area (Å²) in [7, 11) is 1.68. The van der Waals surface area contributed by atoms with Gasteiger partial charge in [-0.05, 0) is 24.2 Å². The summed E-state index contributed by atoms with van der Waals surface area (Å²) in [6.45, 7) is 12.6. The normalized spacial score (nSPS) is 16.6. The number of nitrogens with two attached hydrogens (primary N) is 1. The van der Waals surface area contributed by atoms with Crippen molar-refractivity contribution < 1.29 is 18.0 Å². The summed E-state index contributed by atoms with van der Waals surface area (Å²) in [6.07, 6.45) is 17.4. The Bertz CT molecular complexity index is 1380. The molecule has 2 atom stereocenters. The van der Waals surface area contributed by atoms with Crippen LogP contribution in [0.25, 0.3) is 5.52 Å². The fourth-order valence-corrected chi connectivity index (χ4v) is 5.62. The molecule has 3 N–H and O–H groups in total. The molecule has 0 saturated heterocycles. The number of amides is 1. The molecule has 0 spiro atoms. The number of fused-ring (bicyclic) bond motifs is 1. The van der Waals surface area contributed by atoms with Gasteiger partial charge in [0.05, 0.1) is 0 Å². The van der Waals surface area contributed by atoms with Gasteiger partial charge in [-0.25, -0.2) is 0 Å². The Morgan fingerprint density at radius 3 is 2.57 bits per heavy atom. The molecule has 1 amide bonds. The van der Waals surface area contributed by atoms with E-state index < -0.39 is 20.0 Å². The van der Waals surface area contributed by atoms with Crippen LogP contribution in [0.5, 0.6) is 0 Å². The van der Waals surface area contributed by atoms with Crippen molar-refractivity contribution in [2.75, 3.05) is 12.3 Å². The molecule has 7 nitrogen and oxygen atoms in total. The molecule has 0 aromatic carbocycles. The number of terminal acetylenes is 1. The predicted molar refractivity (Wildman–Crippen MR) is 165 cm³/mol. The van der Waals surface area contributed by atoms with Crippen LogP contribution in [0.2, 0.25) is 0 Å². The first-order chi connectivity index (χ1) is 20.0. The second-order valence-corrected chi connectivity index (χ2v) is 11.6. The molecule has 230 valence electrons. The number of anilines is 1. The number of hydrogen-bond acceptors (Lipinski definition) is 4. The maximum absolute atomic E-state index is 13.0. The summed E-state index contributed by atoms with van der Waals surface area (Å²) in [4.78, 5) is 15.8. The number of aryl methyl sites for hydroxylation is 1. The topological polar surface area (TPSA) is 90.2 Å². The molecule has 11 heteroatoms. The number of hydrogen-bond donors (Lipinski definition) is 2. The van der Waals surface area contributed by atoms with Crippen molar-refractivity contribution in [1.29, 1.82) is 0 Å². The first-order valence-electron chi connectivity index (χ1n) is 14.2. The van der Waals surface area contributed by atoms with Crippen LogP contribution >= 0.6 is 0 Å². The van der Waals surface area contributed by atoms with Gasteiger partial charge in [-0.2, -0.15) is 0 Å². The molecule has 0 aliphatic heterocycles. The molecular weight excluding hydrogens is 608 g/mol. The van der Waals surface area contributed by atoms with E-state index in [1.54, 1.807) is 13.2 Å². The van der Waals surface area contributed by atoms with E-state index in [1.807, 2.05) is 27.7 Å². The number of nitrogens with zero attached hydrogens (tertiary/aromatic N) is 4. The van der Waals surface area contributed by atoms with Gasteiger partial charge in [-0.3, -0.25) is 0 Å². The summed E-state index contributed by atoms with van der Waals surface area (Å²) in [6, 6.07) is 1.47. The molecule has 3 aromatic rings. The number of alkyl halides is 3. The molecule has 1 saturated carbocycles. The number of rotatable bonds is 7. The minimum atomic E-state index is -4.34. The number of carbonyl (C=O) groups is 1. The summed E-state index contributed by atoms with van der Waals surface area (Å²) in [5.41, 5.74) is 7.31. The van der Waals surface area contributed by atoms with Crippen molar-refractivity contribution in [2.45, 2.75) is 78.7 Å². The van der Waals surface area contributed by atoms with Gasteiger partial charge in [-0.15, -0.1) is 12.3 Å². The van der Waals surface area contributed by atoms with Crippen LogP contribution in [0.1, 0.15) is 89.6 Å². The number of nitrogen functional groups attached to an aromatic ring is 1. The zero-order valence-corrected chi connectivity index (χ0v) is 27.3. The molecule has 0 bridgehead atoms. The molecule has 3 heterocycles. The van der Waals surface area contributed by atoms with Crippen molar-refractivity contribution in [3.05, 3.63) is 42.0 Å². The molecule has 0 radical (unpaired) electrons. The van der Waals surface area contributed by atoms with Crippen LogP contribution in [0, 0.1) is 35.5 Å². The van der Waals surface area contributed by atoms with E-state index in [0.29, 0.717) is 16.5 Å². The second kappa shape index (κ2) is 17.5. The second-order valence-electron chi connectivity index (χ2n) is 9.43. The van der Waals surface area contributed by atoms with E-state index in [2.05, 4.69) is 47.0 Å². The molecule has 3 aromatic heterocycles. The quantitative estimate of drug-likeness (QED) is 0.259. The molecule has 1 aliphatic rings. The van der Waals surface area contributed by atoms with Crippen molar-refractivity contribution >= 4 is 36.8 Å². The van der Waals surface area contributed by atoms with E-state index in [9.17, 15) is 18.0 Å². The Kier molecular flexibility index (Phi) is 15.3. The van der Waals surface area contributed by atoms with Gasteiger partial charge in [0.15, 0.2) is 0 Å². The molecule has 1 fully saturated rings. The van der Waals surface area contributed by atoms with E-state index in [0.717, 1.165) is 12.3 Å². The van der Waals surface area contributed by atoms with Crippen LogP contribution in [0.3, 0.4) is 0 Å². The van der Waals surface area contributed by atoms with E-state index in [-0.39, 0.29) is 28.4 Å². The Balaban J connectivity index is 0.000000491. The molecule has 2 unspecified atom stereocenters. The van der Waals surface area contributed by atoms with Crippen LogP contribution in [-0.4, -0.2) is 51.6 Å². The van der Waals surface area contributed by atoms with Crippen LogP contribution < -0.4 is 15.6 Å². The first-order valence-corrected chi connectivity index (χ1v) is 15.9. The average molecular weight is 652 g/mol. The first kappa shape index (κ1) is 36.6. The van der Waals surface area contributed by atoms with Gasteiger partial charge in [0.25, 0.3) is 0 Å². The van der Waals surface area contributed by atoms with Gasteiger partial charge in [0.2, 0.25) is 0 Å². The Morgan fingerprint density at radius 1 is 1.31 bits per heavy atom. The van der Waals surface area contributed by atoms with E-state index in [4.69, 9.17) is 12.2 Å². The van der Waals surface area contributed by atoms with Crippen molar-refractivity contribution in [2.24, 2.45) is 18.4 Å². The molecule has 1 aliphatic carbocycles. The number of halogens is 3. The van der Waals surface area contributed by atoms with Crippen LogP contribution in [0.15, 0.2) is 30.9 Å². The fraction of sp³-hybridized carbons (Fsp3) is 0.516. The fourth-order valence-electron chi connectivity index (χ4n) is 4.16. The minimum absolute atomic E-state index is 0.0217.